The van der Waals surface area contributed by atoms with Gasteiger partial charge in [0.1, 0.15) is 5.82 Å². The second-order valence-corrected chi connectivity index (χ2v) is 8.14. The van der Waals surface area contributed by atoms with Gasteiger partial charge in [0.15, 0.2) is 0 Å². The Labute approximate surface area is 190 Å². The zero-order valence-corrected chi connectivity index (χ0v) is 18.3. The predicted molar refractivity (Wildman–Crippen MR) is 126 cm³/mol. The van der Waals surface area contributed by atoms with Gasteiger partial charge in [-0.1, -0.05) is 31.0 Å². The molecule has 1 aliphatic rings. The first-order valence-corrected chi connectivity index (χ1v) is 11.0. The fraction of sp³-hybridized carbons (Fsp3) is 0.200. The van der Waals surface area contributed by atoms with Crippen molar-refractivity contribution in [3.63, 3.8) is 0 Å². The SMILES string of the molecule is CCCCn1ccc(-c2cnc3ccc(C4=CCN=C4c4cc(Cl)ccc4F)nc3c2)n1. The van der Waals surface area contributed by atoms with E-state index >= 15 is 0 Å². The standard InChI is InChI=1S/C25H21ClFN5/c1-2-3-11-32-12-9-21(31-32)16-13-24-23(29-15-16)7-6-22(30-24)18-8-10-28-25(18)19-14-17(26)4-5-20(19)27/h4-9,12-15H,2-3,10-11H2,1H3. The number of nitrogens with zero attached hydrogens (tertiary/aromatic N) is 5. The maximum absolute atomic E-state index is 14.5. The Morgan fingerprint density at radius 1 is 1.06 bits per heavy atom. The number of pyridine rings is 2. The van der Waals surface area contributed by atoms with Crippen molar-refractivity contribution < 1.29 is 4.39 Å². The van der Waals surface area contributed by atoms with E-state index < -0.39 is 0 Å². The molecule has 32 heavy (non-hydrogen) atoms. The van der Waals surface area contributed by atoms with Gasteiger partial charge in [-0.05, 0) is 48.9 Å². The molecule has 0 fully saturated rings. The van der Waals surface area contributed by atoms with Gasteiger partial charge in [-0.25, -0.2) is 9.37 Å². The zero-order chi connectivity index (χ0) is 22.1. The molecule has 0 N–H and O–H groups in total. The molecule has 160 valence electrons. The summed E-state index contributed by atoms with van der Waals surface area (Å²) in [6, 6.07) is 12.3. The molecule has 3 aromatic heterocycles. The number of unbranched alkanes of at least 4 members (excludes halogenated alkanes) is 1. The van der Waals surface area contributed by atoms with Crippen molar-refractivity contribution in [2.24, 2.45) is 4.99 Å². The number of hydrogen-bond acceptors (Lipinski definition) is 4. The number of hydrogen-bond donors (Lipinski definition) is 0. The first kappa shape index (κ1) is 20.5. The van der Waals surface area contributed by atoms with Crippen molar-refractivity contribution in [2.45, 2.75) is 26.3 Å². The third kappa shape index (κ3) is 3.94. The lowest BCUT2D eigenvalue weighted by atomic mass is 9.99. The number of rotatable bonds is 6. The normalized spacial score (nSPS) is 13.5. The van der Waals surface area contributed by atoms with E-state index in [1.54, 1.807) is 6.07 Å². The lowest BCUT2D eigenvalue weighted by Crippen LogP contribution is -2.06. The fourth-order valence-corrected chi connectivity index (χ4v) is 3.97. The van der Waals surface area contributed by atoms with Gasteiger partial charge in [0, 0.05) is 40.7 Å². The number of aliphatic imine (C=N–C) groups is 1. The minimum atomic E-state index is -0.357. The Bertz CT molecular complexity index is 1370. The molecule has 0 saturated heterocycles. The quantitative estimate of drug-likeness (QED) is 0.367. The molecule has 0 radical (unpaired) electrons. The van der Waals surface area contributed by atoms with Crippen LogP contribution >= 0.6 is 11.6 Å². The summed E-state index contributed by atoms with van der Waals surface area (Å²) >= 11 is 6.10. The van der Waals surface area contributed by atoms with Gasteiger partial charge >= 0.3 is 0 Å². The summed E-state index contributed by atoms with van der Waals surface area (Å²) in [6.07, 6.45) is 7.98. The maximum Gasteiger partial charge on any atom is 0.132 e. The van der Waals surface area contributed by atoms with Gasteiger partial charge in [-0.3, -0.25) is 14.7 Å². The minimum absolute atomic E-state index is 0.357. The number of halogens is 2. The summed E-state index contributed by atoms with van der Waals surface area (Å²) in [5.41, 5.74) is 5.78. The molecule has 0 aliphatic carbocycles. The van der Waals surface area contributed by atoms with Crippen molar-refractivity contribution in [3.8, 4) is 11.3 Å². The molecule has 4 aromatic rings. The number of aromatic nitrogens is 4. The average molecular weight is 446 g/mol. The Balaban J connectivity index is 1.50. The zero-order valence-electron chi connectivity index (χ0n) is 17.6. The number of benzene rings is 1. The molecule has 0 spiro atoms. The first-order valence-electron chi connectivity index (χ1n) is 10.6. The summed E-state index contributed by atoms with van der Waals surface area (Å²) in [6.45, 7) is 3.54. The smallest absolute Gasteiger partial charge is 0.132 e. The highest BCUT2D eigenvalue weighted by molar-refractivity contribution is 6.35. The van der Waals surface area contributed by atoms with Crippen molar-refractivity contribution >= 4 is 33.9 Å². The largest absolute Gasteiger partial charge is 0.280 e. The van der Waals surface area contributed by atoms with Crippen molar-refractivity contribution in [1.82, 2.24) is 19.7 Å². The number of fused-ring (bicyclic) bond motifs is 1. The van der Waals surface area contributed by atoms with Crippen LogP contribution in [0.25, 0.3) is 27.9 Å². The topological polar surface area (TPSA) is 56.0 Å². The lowest BCUT2D eigenvalue weighted by Gasteiger charge is -2.10. The van der Waals surface area contributed by atoms with Crippen LogP contribution in [0.15, 0.2) is 65.9 Å². The molecule has 5 rings (SSSR count). The Morgan fingerprint density at radius 3 is 2.84 bits per heavy atom. The van der Waals surface area contributed by atoms with Crippen LogP contribution < -0.4 is 0 Å². The Morgan fingerprint density at radius 2 is 1.97 bits per heavy atom. The second-order valence-electron chi connectivity index (χ2n) is 7.71. The van der Waals surface area contributed by atoms with Crippen LogP contribution in [0.4, 0.5) is 4.39 Å². The highest BCUT2D eigenvalue weighted by Crippen LogP contribution is 2.28. The van der Waals surface area contributed by atoms with E-state index in [2.05, 4.69) is 22.0 Å². The molecule has 0 atom stereocenters. The number of allylic oxidation sites excluding steroid dienone is 1. The fourth-order valence-electron chi connectivity index (χ4n) is 3.80. The van der Waals surface area contributed by atoms with Gasteiger partial charge < -0.3 is 0 Å². The molecule has 1 aliphatic heterocycles. The molecule has 0 amide bonds. The highest BCUT2D eigenvalue weighted by Gasteiger charge is 2.21. The minimum Gasteiger partial charge on any atom is -0.280 e. The van der Waals surface area contributed by atoms with Gasteiger partial charge in [-0.2, -0.15) is 5.10 Å². The van der Waals surface area contributed by atoms with E-state index in [4.69, 9.17) is 16.6 Å². The summed E-state index contributed by atoms with van der Waals surface area (Å²) in [5.74, 6) is -0.357. The van der Waals surface area contributed by atoms with E-state index in [0.29, 0.717) is 22.8 Å². The summed E-state index contributed by atoms with van der Waals surface area (Å²) in [5, 5.41) is 5.13. The third-order valence-electron chi connectivity index (χ3n) is 5.47. The maximum atomic E-state index is 14.5. The van der Waals surface area contributed by atoms with Gasteiger partial charge in [-0.15, -0.1) is 0 Å². The van der Waals surface area contributed by atoms with E-state index in [0.717, 1.165) is 52.9 Å². The average Bonchev–Trinajstić information content (AvgIpc) is 3.48. The van der Waals surface area contributed by atoms with Crippen molar-refractivity contribution in [1.29, 1.82) is 0 Å². The first-order chi connectivity index (χ1) is 15.6. The van der Waals surface area contributed by atoms with E-state index in [9.17, 15) is 4.39 Å². The molecular weight excluding hydrogens is 425 g/mol. The van der Waals surface area contributed by atoms with Crippen LogP contribution in [0.1, 0.15) is 31.0 Å². The molecule has 1 aromatic carbocycles. The molecule has 0 saturated carbocycles. The van der Waals surface area contributed by atoms with Crippen molar-refractivity contribution in [3.05, 3.63) is 83.0 Å². The van der Waals surface area contributed by atoms with Gasteiger partial charge in [0.05, 0.1) is 34.7 Å². The lowest BCUT2D eigenvalue weighted by molar-refractivity contribution is 0.573. The van der Waals surface area contributed by atoms with Crippen molar-refractivity contribution in [2.75, 3.05) is 6.54 Å². The van der Waals surface area contributed by atoms with Crippen LogP contribution in [-0.2, 0) is 6.54 Å². The van der Waals surface area contributed by atoms with Crippen LogP contribution in [0.2, 0.25) is 5.02 Å². The summed E-state index contributed by atoms with van der Waals surface area (Å²) in [4.78, 5) is 13.9. The molecule has 0 unspecified atom stereocenters. The molecule has 4 heterocycles. The Hall–Kier alpha value is -3.38. The van der Waals surface area contributed by atoms with E-state index in [-0.39, 0.29) is 5.82 Å². The van der Waals surface area contributed by atoms with E-state index in [1.165, 1.54) is 12.1 Å². The van der Waals surface area contributed by atoms with Gasteiger partial charge in [0.25, 0.3) is 0 Å². The highest BCUT2D eigenvalue weighted by atomic mass is 35.5. The molecule has 0 bridgehead atoms. The predicted octanol–water partition coefficient (Wildman–Crippen LogP) is 5.97. The molecule has 5 nitrogen and oxygen atoms in total. The number of aryl methyl sites for hydroxylation is 1. The van der Waals surface area contributed by atoms with Crippen LogP contribution in [-0.4, -0.2) is 32.0 Å². The third-order valence-corrected chi connectivity index (χ3v) is 5.71. The summed E-state index contributed by atoms with van der Waals surface area (Å²) in [7, 11) is 0. The molecular formula is C25H21ClFN5. The Kier molecular flexibility index (Phi) is 5.53. The van der Waals surface area contributed by atoms with Crippen LogP contribution in [0.5, 0.6) is 0 Å². The van der Waals surface area contributed by atoms with E-state index in [1.807, 2.05) is 47.4 Å². The van der Waals surface area contributed by atoms with Gasteiger partial charge in [0.2, 0.25) is 0 Å². The molecule has 7 heteroatoms. The van der Waals surface area contributed by atoms with Crippen LogP contribution in [0, 0.1) is 5.82 Å². The van der Waals surface area contributed by atoms with Crippen LogP contribution in [0.3, 0.4) is 0 Å². The summed E-state index contributed by atoms with van der Waals surface area (Å²) < 4.78 is 16.4. The monoisotopic (exact) mass is 445 g/mol. The second kappa shape index (κ2) is 8.63.